The largest absolute Gasteiger partial charge is 0.461 e. The van der Waals surface area contributed by atoms with Crippen molar-refractivity contribution in [3.63, 3.8) is 0 Å². The number of hydrogen-bond acceptors (Lipinski definition) is 7. The van der Waals surface area contributed by atoms with Crippen LogP contribution in [0.4, 0.5) is 0 Å². The molecule has 2 N–H and O–H groups in total. The molecule has 202 valence electrons. The van der Waals surface area contributed by atoms with Crippen molar-refractivity contribution in [3.05, 3.63) is 34.9 Å². The number of carbonyl (C=O) groups excluding carboxylic acids is 3. The lowest BCUT2D eigenvalue weighted by molar-refractivity contribution is -0.214. The number of hydrogen-bond donors (Lipinski definition) is 2. The lowest BCUT2D eigenvalue weighted by Crippen LogP contribution is -2.64. The van der Waals surface area contributed by atoms with Crippen LogP contribution in [0, 0.1) is 28.6 Å². The highest BCUT2D eigenvalue weighted by atomic mass is 16.6. The Morgan fingerprint density at radius 2 is 1.95 bits per heavy atom. The van der Waals surface area contributed by atoms with Crippen molar-refractivity contribution in [1.29, 1.82) is 0 Å². The first-order chi connectivity index (χ1) is 17.3. The number of fused-ring (bicyclic) bond motifs is 5. The van der Waals surface area contributed by atoms with E-state index in [4.69, 9.17) is 9.47 Å². The summed E-state index contributed by atoms with van der Waals surface area (Å²) in [5.74, 6) is -1.05. The van der Waals surface area contributed by atoms with E-state index in [2.05, 4.69) is 26.0 Å². The van der Waals surface area contributed by atoms with E-state index < -0.39 is 40.1 Å². The smallest absolute Gasteiger partial charge is 0.334 e. The molecule has 1 heterocycles. The topological polar surface area (TPSA) is 110 Å². The molecule has 2 saturated carbocycles. The van der Waals surface area contributed by atoms with Crippen LogP contribution in [-0.4, -0.2) is 51.8 Å². The molecule has 0 unspecified atom stereocenters. The summed E-state index contributed by atoms with van der Waals surface area (Å²) in [7, 11) is 0. The van der Waals surface area contributed by atoms with Crippen molar-refractivity contribution >= 4 is 17.7 Å². The third kappa shape index (κ3) is 3.63. The molecule has 0 aromatic heterocycles. The van der Waals surface area contributed by atoms with Gasteiger partial charge in [-0.2, -0.15) is 0 Å². The fraction of sp³-hybridized carbons (Fsp3) is 0.700. The number of esters is 2. The third-order valence-corrected chi connectivity index (χ3v) is 11.1. The fourth-order valence-corrected chi connectivity index (χ4v) is 8.73. The molecule has 0 aromatic rings. The van der Waals surface area contributed by atoms with Crippen LogP contribution in [0.3, 0.4) is 0 Å². The molecule has 5 rings (SSSR count). The van der Waals surface area contributed by atoms with E-state index in [1.165, 1.54) is 6.92 Å². The van der Waals surface area contributed by atoms with Crippen molar-refractivity contribution in [2.24, 2.45) is 28.6 Å². The van der Waals surface area contributed by atoms with Crippen molar-refractivity contribution in [3.8, 4) is 0 Å². The molecule has 4 aliphatic carbocycles. The van der Waals surface area contributed by atoms with Crippen LogP contribution in [0.1, 0.15) is 79.6 Å². The quantitative estimate of drug-likeness (QED) is 0.549. The molecule has 0 radical (unpaired) electrons. The van der Waals surface area contributed by atoms with Crippen LogP contribution >= 0.6 is 0 Å². The second-order valence-electron chi connectivity index (χ2n) is 12.6. The molecule has 8 atom stereocenters. The van der Waals surface area contributed by atoms with E-state index in [-0.39, 0.29) is 36.6 Å². The van der Waals surface area contributed by atoms with E-state index in [0.717, 1.165) is 12.0 Å². The van der Waals surface area contributed by atoms with Crippen molar-refractivity contribution in [1.82, 2.24) is 0 Å². The zero-order valence-electron chi connectivity index (χ0n) is 22.6. The number of cyclic esters (lactones) is 1. The van der Waals surface area contributed by atoms with Gasteiger partial charge in [0.15, 0.2) is 0 Å². The molecule has 0 spiro atoms. The maximum atomic E-state index is 13.2. The van der Waals surface area contributed by atoms with Crippen LogP contribution in [-0.2, 0) is 23.9 Å². The van der Waals surface area contributed by atoms with Gasteiger partial charge in [-0.3, -0.25) is 9.59 Å². The van der Waals surface area contributed by atoms with Gasteiger partial charge in [0.2, 0.25) is 0 Å². The summed E-state index contributed by atoms with van der Waals surface area (Å²) in [5.41, 5.74) is -1.48. The van der Waals surface area contributed by atoms with Gasteiger partial charge in [-0.1, -0.05) is 25.2 Å². The predicted molar refractivity (Wildman–Crippen MR) is 136 cm³/mol. The number of allylic oxidation sites excluding steroid dienone is 4. The zero-order valence-corrected chi connectivity index (χ0v) is 22.6. The van der Waals surface area contributed by atoms with Gasteiger partial charge in [0, 0.05) is 30.8 Å². The lowest BCUT2D eigenvalue weighted by Gasteiger charge is -2.61. The molecule has 7 nitrogen and oxygen atoms in total. The Bertz CT molecular complexity index is 1130. The van der Waals surface area contributed by atoms with Crippen molar-refractivity contribution in [2.45, 2.75) is 96.9 Å². The summed E-state index contributed by atoms with van der Waals surface area (Å²) in [6.45, 7) is 8.81. The normalized spacial score (nSPS) is 42.7. The summed E-state index contributed by atoms with van der Waals surface area (Å²) in [5, 5.41) is 24.5. The molecular formula is C30H40O7. The van der Waals surface area contributed by atoms with Gasteiger partial charge < -0.3 is 19.7 Å². The number of ketones is 1. The zero-order chi connectivity index (χ0) is 27.0. The average Bonchev–Trinajstić information content (AvgIpc) is 3.12. The second-order valence-corrected chi connectivity index (χ2v) is 12.6. The van der Waals surface area contributed by atoms with E-state index in [1.807, 2.05) is 6.08 Å². The molecule has 2 fully saturated rings. The number of rotatable bonds is 4. The second kappa shape index (κ2) is 8.63. The van der Waals surface area contributed by atoms with Crippen molar-refractivity contribution in [2.75, 3.05) is 6.61 Å². The van der Waals surface area contributed by atoms with E-state index in [0.29, 0.717) is 43.3 Å². The molecule has 1 aliphatic heterocycles. The highest BCUT2D eigenvalue weighted by molar-refractivity contribution is 5.92. The molecule has 0 saturated heterocycles. The number of Topliss-reactive ketones (excluding diaryl/α,β-unsaturated/α-hetero) is 1. The Kier molecular flexibility index (Phi) is 6.15. The van der Waals surface area contributed by atoms with Crippen LogP contribution in [0.2, 0.25) is 0 Å². The lowest BCUT2D eigenvalue weighted by atomic mass is 9.45. The highest BCUT2D eigenvalue weighted by Crippen LogP contribution is 2.68. The van der Waals surface area contributed by atoms with Gasteiger partial charge in [-0.15, -0.1) is 0 Å². The number of carbonyl (C=O) groups is 3. The standard InChI is InChI=1S/C30H40O7/c1-17-19(16-36-18(2)31)15-25(37-26(17)33)29(5,34)23-12-14-30(35)22-10-9-20-7-6-8-24(32)28(20,4)21(22)11-13-27(23,30)3/h6-7,9,21-23,25,34-35H,8,10-16H2,1-5H3/t21-,22+,23-,25+,27+,28-,29+,30+/m0/s1. The summed E-state index contributed by atoms with van der Waals surface area (Å²) in [6.07, 6.45) is 9.38. The Morgan fingerprint density at radius 1 is 1.22 bits per heavy atom. The molecule has 0 aromatic carbocycles. The minimum atomic E-state index is -1.40. The first-order valence-electron chi connectivity index (χ1n) is 13.6. The minimum absolute atomic E-state index is 0.00576. The van der Waals surface area contributed by atoms with E-state index in [1.54, 1.807) is 13.8 Å². The van der Waals surface area contributed by atoms with Crippen LogP contribution < -0.4 is 0 Å². The first-order valence-corrected chi connectivity index (χ1v) is 13.6. The van der Waals surface area contributed by atoms with Gasteiger partial charge in [-0.25, -0.2) is 4.79 Å². The Labute approximate surface area is 219 Å². The third-order valence-electron chi connectivity index (χ3n) is 11.1. The Balaban J connectivity index is 1.44. The Morgan fingerprint density at radius 3 is 2.65 bits per heavy atom. The van der Waals surface area contributed by atoms with Gasteiger partial charge in [0.25, 0.3) is 0 Å². The maximum Gasteiger partial charge on any atom is 0.334 e. The van der Waals surface area contributed by atoms with E-state index in [9.17, 15) is 24.6 Å². The first kappa shape index (κ1) is 26.4. The maximum absolute atomic E-state index is 13.2. The highest BCUT2D eigenvalue weighted by Gasteiger charge is 2.70. The van der Waals surface area contributed by atoms with Crippen molar-refractivity contribution < 1.29 is 34.1 Å². The molecule has 7 heteroatoms. The van der Waals surface area contributed by atoms with Crippen LogP contribution in [0.15, 0.2) is 34.9 Å². The van der Waals surface area contributed by atoms with E-state index >= 15 is 0 Å². The minimum Gasteiger partial charge on any atom is -0.461 e. The summed E-state index contributed by atoms with van der Waals surface area (Å²) >= 11 is 0. The summed E-state index contributed by atoms with van der Waals surface area (Å²) < 4.78 is 10.9. The van der Waals surface area contributed by atoms with Crippen LogP contribution in [0.5, 0.6) is 0 Å². The number of ether oxygens (including phenoxy) is 2. The average molecular weight is 513 g/mol. The van der Waals surface area contributed by atoms with Crippen LogP contribution in [0.25, 0.3) is 0 Å². The fourth-order valence-electron chi connectivity index (χ4n) is 8.73. The summed E-state index contributed by atoms with van der Waals surface area (Å²) in [4.78, 5) is 37.3. The molecule has 0 bridgehead atoms. The summed E-state index contributed by atoms with van der Waals surface area (Å²) in [6, 6.07) is 0. The van der Waals surface area contributed by atoms with Gasteiger partial charge >= 0.3 is 11.9 Å². The molecule has 0 amide bonds. The molecule has 37 heavy (non-hydrogen) atoms. The number of aliphatic hydroxyl groups is 2. The Hall–Kier alpha value is -2.25. The monoisotopic (exact) mass is 512 g/mol. The van der Waals surface area contributed by atoms with Gasteiger partial charge in [0.05, 0.1) is 11.0 Å². The van der Waals surface area contributed by atoms with Gasteiger partial charge in [-0.05, 0) is 81.8 Å². The molecular weight excluding hydrogens is 472 g/mol. The van der Waals surface area contributed by atoms with Gasteiger partial charge in [0.1, 0.15) is 24.1 Å². The predicted octanol–water partition coefficient (Wildman–Crippen LogP) is 3.97. The molecule has 5 aliphatic rings. The SMILES string of the molecule is CC(=O)OCC1=C(C)C(=O)O[C@@H]([C@](C)(O)[C@H]2CC[C@@]3(O)[C@@H]4CC=C5C=CCC(=O)[C@]5(C)[C@H]4CC[C@]23C)C1.